The van der Waals surface area contributed by atoms with Crippen LogP contribution in [-0.2, 0) is 0 Å². The minimum absolute atomic E-state index is 0.195. The Bertz CT molecular complexity index is 978. The van der Waals surface area contributed by atoms with Gasteiger partial charge in [-0.1, -0.05) is 11.6 Å². The lowest BCUT2D eigenvalue weighted by molar-refractivity contribution is -0.274. The molecule has 0 aliphatic rings. The fraction of sp³-hybridized carbons (Fsp3) is 0.167. The number of methoxy groups -OCH3 is 1. The lowest BCUT2D eigenvalue weighted by Crippen LogP contribution is -2.17. The first-order chi connectivity index (χ1) is 12.2. The molecule has 0 saturated carbocycles. The predicted molar refractivity (Wildman–Crippen MR) is 89.9 cm³/mol. The average Bonchev–Trinajstić information content (AvgIpc) is 2.87. The van der Waals surface area contributed by atoms with E-state index in [9.17, 15) is 18.0 Å². The fourth-order valence-corrected chi connectivity index (χ4v) is 2.84. The molecule has 0 N–H and O–H groups in total. The molecule has 8 heteroatoms. The summed E-state index contributed by atoms with van der Waals surface area (Å²) in [6.45, 7) is 1.69. The Morgan fingerprint density at radius 3 is 2.42 bits per heavy atom. The molecule has 3 rings (SSSR count). The van der Waals surface area contributed by atoms with Crippen molar-refractivity contribution in [3.63, 3.8) is 0 Å². The maximum absolute atomic E-state index is 12.8. The number of hydrogen-bond donors (Lipinski definition) is 0. The van der Waals surface area contributed by atoms with Crippen molar-refractivity contribution in [3.8, 4) is 11.5 Å². The second-order valence-corrected chi connectivity index (χ2v) is 5.83. The van der Waals surface area contributed by atoms with Gasteiger partial charge in [0.25, 0.3) is 5.91 Å². The van der Waals surface area contributed by atoms with E-state index < -0.39 is 18.0 Å². The first-order valence-electron chi connectivity index (χ1n) is 7.38. The van der Waals surface area contributed by atoms with Gasteiger partial charge in [-0.2, -0.15) is 0 Å². The molecule has 2 aromatic carbocycles. The summed E-state index contributed by atoms with van der Waals surface area (Å²) in [6, 6.07) is 11.0. The first-order valence-corrected chi connectivity index (χ1v) is 7.76. The number of alkyl halides is 3. The van der Waals surface area contributed by atoms with E-state index in [1.54, 1.807) is 19.1 Å². The molecule has 0 fully saturated rings. The molecule has 1 radical (unpaired) electrons. The van der Waals surface area contributed by atoms with E-state index in [1.807, 2.05) is 0 Å². The summed E-state index contributed by atoms with van der Waals surface area (Å²) in [6.07, 6.45) is -4.79. The maximum atomic E-state index is 12.8. The topological polar surface area (TPSA) is 40.5 Å². The summed E-state index contributed by atoms with van der Waals surface area (Å²) in [5.41, 5.74) is 1.25. The number of halogens is 4. The lowest BCUT2D eigenvalue weighted by Gasteiger charge is -2.11. The molecule has 0 amide bonds. The van der Waals surface area contributed by atoms with Gasteiger partial charge < -0.3 is 9.47 Å². The standard InChI is InChI=1S/C18H12ClF3NO3/c1-10-7-12-8-16(25-2)14(19)9-15(12)23(10)17(24)11-3-5-13(6-4-11)26-18(20,21)22/h3-6,8-9H,1-2H3. The predicted octanol–water partition coefficient (Wildman–Crippen LogP) is 5.00. The SMILES string of the molecule is COc1cc2[c]c(C)n(C(=O)c3ccc(OC(F)(F)F)cc3)c2cc1Cl. The van der Waals surface area contributed by atoms with Crippen molar-refractivity contribution in [2.75, 3.05) is 7.11 Å². The fourth-order valence-electron chi connectivity index (χ4n) is 2.61. The van der Waals surface area contributed by atoms with Crippen LogP contribution in [0.4, 0.5) is 13.2 Å². The molecule has 1 heterocycles. The van der Waals surface area contributed by atoms with Gasteiger partial charge in [-0.15, -0.1) is 13.2 Å². The van der Waals surface area contributed by atoms with Crippen LogP contribution in [0.3, 0.4) is 0 Å². The number of carbonyl (C=O) groups excluding carboxylic acids is 1. The van der Waals surface area contributed by atoms with E-state index in [4.69, 9.17) is 16.3 Å². The summed E-state index contributed by atoms with van der Waals surface area (Å²) < 4.78 is 47.0. The molecule has 0 aliphatic carbocycles. The van der Waals surface area contributed by atoms with Crippen LogP contribution in [0.25, 0.3) is 10.9 Å². The van der Waals surface area contributed by atoms with E-state index >= 15 is 0 Å². The zero-order chi connectivity index (χ0) is 19.1. The van der Waals surface area contributed by atoms with Gasteiger partial charge in [0, 0.05) is 22.7 Å². The Hall–Kier alpha value is -2.67. The molecule has 0 aliphatic heterocycles. The number of aromatic nitrogens is 1. The van der Waals surface area contributed by atoms with Crippen molar-refractivity contribution in [3.05, 3.63) is 58.7 Å². The molecule has 0 spiro atoms. The van der Waals surface area contributed by atoms with Gasteiger partial charge in [0.1, 0.15) is 11.5 Å². The summed E-state index contributed by atoms with van der Waals surface area (Å²) >= 11 is 6.13. The highest BCUT2D eigenvalue weighted by Crippen LogP contribution is 2.32. The highest BCUT2D eigenvalue weighted by molar-refractivity contribution is 6.33. The Labute approximate surface area is 151 Å². The second kappa shape index (κ2) is 6.57. The van der Waals surface area contributed by atoms with Crippen molar-refractivity contribution in [2.45, 2.75) is 13.3 Å². The van der Waals surface area contributed by atoms with E-state index in [0.717, 1.165) is 12.1 Å². The summed E-state index contributed by atoms with van der Waals surface area (Å²) in [4.78, 5) is 12.8. The van der Waals surface area contributed by atoms with E-state index in [-0.39, 0.29) is 5.56 Å². The Morgan fingerprint density at radius 1 is 1.19 bits per heavy atom. The van der Waals surface area contributed by atoms with Gasteiger partial charge in [0.05, 0.1) is 17.6 Å². The van der Waals surface area contributed by atoms with Gasteiger partial charge in [0.15, 0.2) is 0 Å². The highest BCUT2D eigenvalue weighted by atomic mass is 35.5. The summed E-state index contributed by atoms with van der Waals surface area (Å²) in [5, 5.41) is 0.962. The smallest absolute Gasteiger partial charge is 0.495 e. The molecule has 4 nitrogen and oxygen atoms in total. The molecule has 0 bridgehead atoms. The van der Waals surface area contributed by atoms with Gasteiger partial charge >= 0.3 is 6.36 Å². The van der Waals surface area contributed by atoms with Crippen LogP contribution in [0.2, 0.25) is 5.02 Å². The minimum Gasteiger partial charge on any atom is -0.495 e. The minimum atomic E-state index is -4.79. The van der Waals surface area contributed by atoms with Crippen molar-refractivity contribution in [1.29, 1.82) is 0 Å². The van der Waals surface area contributed by atoms with E-state index in [0.29, 0.717) is 27.4 Å². The zero-order valence-corrected chi connectivity index (χ0v) is 14.4. The first kappa shape index (κ1) is 18.1. The Kier molecular flexibility index (Phi) is 4.58. The number of carbonyl (C=O) groups is 1. The lowest BCUT2D eigenvalue weighted by atomic mass is 10.2. The maximum Gasteiger partial charge on any atom is 0.573 e. The Morgan fingerprint density at radius 2 is 1.85 bits per heavy atom. The third kappa shape index (κ3) is 3.48. The van der Waals surface area contributed by atoms with Crippen molar-refractivity contribution in [2.24, 2.45) is 0 Å². The Balaban J connectivity index is 2.00. The largest absolute Gasteiger partial charge is 0.573 e. The van der Waals surface area contributed by atoms with E-state index in [2.05, 4.69) is 10.8 Å². The van der Waals surface area contributed by atoms with E-state index in [1.165, 1.54) is 23.8 Å². The van der Waals surface area contributed by atoms with Crippen LogP contribution < -0.4 is 9.47 Å². The monoisotopic (exact) mass is 382 g/mol. The third-order valence-electron chi connectivity index (χ3n) is 3.70. The van der Waals surface area contributed by atoms with Gasteiger partial charge in [0.2, 0.25) is 0 Å². The zero-order valence-electron chi connectivity index (χ0n) is 13.6. The average molecular weight is 383 g/mol. The number of nitrogens with zero attached hydrogens (tertiary/aromatic N) is 1. The normalized spacial score (nSPS) is 11.6. The highest BCUT2D eigenvalue weighted by Gasteiger charge is 2.31. The van der Waals surface area contributed by atoms with Crippen LogP contribution in [0.5, 0.6) is 11.5 Å². The van der Waals surface area contributed by atoms with Gasteiger partial charge in [-0.25, -0.2) is 0 Å². The molecule has 0 atom stereocenters. The van der Waals surface area contributed by atoms with Crippen LogP contribution in [0.15, 0.2) is 36.4 Å². The molecule has 26 heavy (non-hydrogen) atoms. The molecule has 135 valence electrons. The number of ether oxygens (including phenoxy) is 2. The van der Waals surface area contributed by atoms with Crippen LogP contribution in [-0.4, -0.2) is 23.9 Å². The third-order valence-corrected chi connectivity index (χ3v) is 4.00. The number of hydrogen-bond acceptors (Lipinski definition) is 3. The van der Waals surface area contributed by atoms with Crippen molar-refractivity contribution >= 4 is 28.4 Å². The molecular weight excluding hydrogens is 371 g/mol. The van der Waals surface area contributed by atoms with Crippen molar-refractivity contribution < 1.29 is 27.4 Å². The summed E-state index contributed by atoms with van der Waals surface area (Å²) in [7, 11) is 1.48. The van der Waals surface area contributed by atoms with Crippen LogP contribution >= 0.6 is 11.6 Å². The number of benzene rings is 2. The van der Waals surface area contributed by atoms with Gasteiger partial charge in [-0.3, -0.25) is 9.36 Å². The quantitative estimate of drug-likeness (QED) is 0.640. The van der Waals surface area contributed by atoms with Crippen LogP contribution in [0, 0.1) is 13.0 Å². The summed E-state index contributed by atoms with van der Waals surface area (Å²) in [5.74, 6) is -0.371. The van der Waals surface area contributed by atoms with Gasteiger partial charge in [-0.05, 0) is 43.3 Å². The number of rotatable bonds is 3. The molecular formula is C18H12ClF3NO3. The van der Waals surface area contributed by atoms with Crippen LogP contribution in [0.1, 0.15) is 16.1 Å². The number of fused-ring (bicyclic) bond motifs is 1. The second-order valence-electron chi connectivity index (χ2n) is 5.43. The molecule has 0 unspecified atom stereocenters. The molecule has 1 aromatic heterocycles. The molecule has 0 saturated heterocycles. The van der Waals surface area contributed by atoms with Crippen molar-refractivity contribution in [1.82, 2.24) is 4.57 Å². The number of aryl methyl sites for hydroxylation is 1. The molecule has 3 aromatic rings.